The van der Waals surface area contributed by atoms with Crippen molar-refractivity contribution in [1.29, 1.82) is 0 Å². The Kier molecular flexibility index (Phi) is 5.66. The molecule has 3 aromatic rings. The number of nitrogens with two attached hydrogens (primary N) is 1. The van der Waals surface area contributed by atoms with E-state index in [4.69, 9.17) is 5.73 Å². The third kappa shape index (κ3) is 4.57. The van der Waals surface area contributed by atoms with Crippen LogP contribution < -0.4 is 10.6 Å². The molecule has 4 nitrogen and oxygen atoms in total. The Bertz CT molecular complexity index is 823. The monoisotopic (exact) mass is 396 g/mol. The molecule has 1 unspecified atom stereocenters. The predicted molar refractivity (Wildman–Crippen MR) is 106 cm³/mol. The van der Waals surface area contributed by atoms with E-state index in [2.05, 4.69) is 80.2 Å². The molecule has 5 heteroatoms. The summed E-state index contributed by atoms with van der Waals surface area (Å²) >= 11 is 3.53. The second-order valence-electron chi connectivity index (χ2n) is 5.94. The first-order chi connectivity index (χ1) is 12.1. The van der Waals surface area contributed by atoms with Gasteiger partial charge >= 0.3 is 0 Å². The molecule has 0 aliphatic heterocycles. The van der Waals surface area contributed by atoms with E-state index < -0.39 is 0 Å². The summed E-state index contributed by atoms with van der Waals surface area (Å²) in [5.74, 6) is 1.14. The minimum absolute atomic E-state index is 0.148. The van der Waals surface area contributed by atoms with E-state index >= 15 is 0 Å². The maximum absolute atomic E-state index is 5.88. The molecule has 0 saturated heterocycles. The van der Waals surface area contributed by atoms with Gasteiger partial charge in [0, 0.05) is 17.2 Å². The van der Waals surface area contributed by atoms with Gasteiger partial charge in [0.2, 0.25) is 5.95 Å². The summed E-state index contributed by atoms with van der Waals surface area (Å²) in [6, 6.07) is 20.6. The molecule has 1 aromatic heterocycles. The highest BCUT2D eigenvalue weighted by atomic mass is 79.9. The third-order valence-electron chi connectivity index (χ3n) is 4.20. The highest BCUT2D eigenvalue weighted by molar-refractivity contribution is 9.10. The van der Waals surface area contributed by atoms with Crippen molar-refractivity contribution in [3.63, 3.8) is 0 Å². The normalized spacial score (nSPS) is 11.9. The molecule has 0 amide bonds. The molecular weight excluding hydrogens is 376 g/mol. The topological polar surface area (TPSA) is 55.0 Å². The average molecular weight is 397 g/mol. The van der Waals surface area contributed by atoms with E-state index in [-0.39, 0.29) is 6.04 Å². The molecule has 1 atom stereocenters. The lowest BCUT2D eigenvalue weighted by atomic mass is 10.1. The quantitative estimate of drug-likeness (QED) is 0.659. The van der Waals surface area contributed by atoms with Gasteiger partial charge in [-0.3, -0.25) is 0 Å². The van der Waals surface area contributed by atoms with Gasteiger partial charge in [-0.2, -0.15) is 4.98 Å². The molecule has 25 heavy (non-hydrogen) atoms. The molecule has 2 aromatic carbocycles. The summed E-state index contributed by atoms with van der Waals surface area (Å²) in [7, 11) is 0. The molecule has 2 N–H and O–H groups in total. The number of anilines is 2. The summed E-state index contributed by atoms with van der Waals surface area (Å²) in [5.41, 5.74) is 8.37. The number of aromatic nitrogens is 2. The standard InChI is InChI=1S/C20H21BrN4/c1-15(17-7-3-2-4-8-17)25(20-23-12-10-19(22)24-20)13-11-16-6-5-9-18(21)14-16/h2-10,12,14-15H,11,13H2,1H3,(H2,22,23,24). The van der Waals surface area contributed by atoms with Crippen LogP contribution in [0.4, 0.5) is 11.8 Å². The number of benzene rings is 2. The van der Waals surface area contributed by atoms with Crippen molar-refractivity contribution in [1.82, 2.24) is 9.97 Å². The second-order valence-corrected chi connectivity index (χ2v) is 6.86. The fourth-order valence-electron chi connectivity index (χ4n) is 2.82. The SMILES string of the molecule is CC(c1ccccc1)N(CCc1cccc(Br)c1)c1nccc(N)n1. The number of nitrogens with zero attached hydrogens (tertiary/aromatic N) is 3. The van der Waals surface area contributed by atoms with Crippen LogP contribution in [0.1, 0.15) is 24.1 Å². The van der Waals surface area contributed by atoms with Crippen molar-refractivity contribution in [2.24, 2.45) is 0 Å². The zero-order valence-corrected chi connectivity index (χ0v) is 15.7. The number of nitrogen functional groups attached to an aromatic ring is 1. The first kappa shape index (κ1) is 17.4. The molecule has 3 rings (SSSR count). The van der Waals surface area contributed by atoms with E-state index in [1.54, 1.807) is 12.3 Å². The maximum Gasteiger partial charge on any atom is 0.227 e. The molecule has 0 spiro atoms. The minimum atomic E-state index is 0.148. The molecule has 0 radical (unpaired) electrons. The summed E-state index contributed by atoms with van der Waals surface area (Å²) in [4.78, 5) is 11.1. The zero-order valence-electron chi connectivity index (χ0n) is 14.1. The molecule has 1 heterocycles. The van der Waals surface area contributed by atoms with Crippen LogP contribution in [-0.2, 0) is 6.42 Å². The van der Waals surface area contributed by atoms with Gasteiger partial charge < -0.3 is 10.6 Å². The van der Waals surface area contributed by atoms with Crippen LogP contribution in [0.15, 0.2) is 71.3 Å². The Labute approximate surface area is 156 Å². The Hall–Kier alpha value is -2.40. The number of rotatable bonds is 6. The van der Waals surface area contributed by atoms with Crippen LogP contribution in [0, 0.1) is 0 Å². The Morgan fingerprint density at radius 1 is 1.08 bits per heavy atom. The van der Waals surface area contributed by atoms with Crippen molar-refractivity contribution < 1.29 is 0 Å². The Morgan fingerprint density at radius 3 is 2.60 bits per heavy atom. The molecule has 0 aliphatic carbocycles. The first-order valence-corrected chi connectivity index (χ1v) is 9.07. The first-order valence-electron chi connectivity index (χ1n) is 8.28. The van der Waals surface area contributed by atoms with Gasteiger partial charge in [0.25, 0.3) is 0 Å². The highest BCUT2D eigenvalue weighted by Gasteiger charge is 2.19. The summed E-state index contributed by atoms with van der Waals surface area (Å²) < 4.78 is 1.09. The van der Waals surface area contributed by atoms with Crippen molar-refractivity contribution in [3.05, 3.63) is 82.5 Å². The van der Waals surface area contributed by atoms with E-state index in [0.29, 0.717) is 11.8 Å². The predicted octanol–water partition coefficient (Wildman–Crippen LogP) is 4.63. The van der Waals surface area contributed by atoms with E-state index in [1.807, 2.05) is 12.1 Å². The summed E-state index contributed by atoms with van der Waals surface area (Å²) in [5, 5.41) is 0. The van der Waals surface area contributed by atoms with E-state index in [0.717, 1.165) is 17.4 Å². The van der Waals surface area contributed by atoms with Crippen LogP contribution in [0.25, 0.3) is 0 Å². The van der Waals surface area contributed by atoms with Crippen molar-refractivity contribution >= 4 is 27.7 Å². The lowest BCUT2D eigenvalue weighted by Gasteiger charge is -2.30. The van der Waals surface area contributed by atoms with Crippen molar-refractivity contribution in [2.45, 2.75) is 19.4 Å². The second kappa shape index (κ2) is 8.12. The zero-order chi connectivity index (χ0) is 17.6. The van der Waals surface area contributed by atoms with Crippen molar-refractivity contribution in [2.75, 3.05) is 17.2 Å². The van der Waals surface area contributed by atoms with Gasteiger partial charge in [-0.25, -0.2) is 4.98 Å². The van der Waals surface area contributed by atoms with Crippen molar-refractivity contribution in [3.8, 4) is 0 Å². The summed E-state index contributed by atoms with van der Waals surface area (Å²) in [6.45, 7) is 2.97. The molecule has 0 fully saturated rings. The average Bonchev–Trinajstić information content (AvgIpc) is 2.63. The number of hydrogen-bond acceptors (Lipinski definition) is 4. The van der Waals surface area contributed by atoms with Crippen LogP contribution >= 0.6 is 15.9 Å². The molecule has 0 saturated carbocycles. The smallest absolute Gasteiger partial charge is 0.227 e. The van der Waals surface area contributed by atoms with E-state index in [9.17, 15) is 0 Å². The van der Waals surface area contributed by atoms with Gasteiger partial charge in [0.15, 0.2) is 0 Å². The molecule has 0 bridgehead atoms. The van der Waals surface area contributed by atoms with Gasteiger partial charge in [-0.05, 0) is 42.7 Å². The van der Waals surface area contributed by atoms with Gasteiger partial charge in [-0.15, -0.1) is 0 Å². The molecular formula is C20H21BrN4. The highest BCUT2D eigenvalue weighted by Crippen LogP contribution is 2.25. The summed E-state index contributed by atoms with van der Waals surface area (Å²) in [6.07, 6.45) is 2.61. The lowest BCUT2D eigenvalue weighted by molar-refractivity contribution is 0.647. The Balaban J connectivity index is 1.86. The lowest BCUT2D eigenvalue weighted by Crippen LogP contribution is -2.31. The van der Waals surface area contributed by atoms with Crippen LogP contribution in [0.5, 0.6) is 0 Å². The maximum atomic E-state index is 5.88. The number of halogens is 1. The third-order valence-corrected chi connectivity index (χ3v) is 4.69. The van der Waals surface area contributed by atoms with Crippen LogP contribution in [0.2, 0.25) is 0 Å². The fourth-order valence-corrected chi connectivity index (χ4v) is 3.27. The van der Waals surface area contributed by atoms with E-state index in [1.165, 1.54) is 11.1 Å². The molecule has 128 valence electrons. The Morgan fingerprint density at radius 2 is 1.88 bits per heavy atom. The molecule has 0 aliphatic rings. The fraction of sp³-hybridized carbons (Fsp3) is 0.200. The van der Waals surface area contributed by atoms with Gasteiger partial charge in [-0.1, -0.05) is 58.4 Å². The van der Waals surface area contributed by atoms with Gasteiger partial charge in [0.1, 0.15) is 5.82 Å². The largest absolute Gasteiger partial charge is 0.384 e. The van der Waals surface area contributed by atoms with Gasteiger partial charge in [0.05, 0.1) is 6.04 Å². The van der Waals surface area contributed by atoms with Crippen LogP contribution in [-0.4, -0.2) is 16.5 Å². The number of hydrogen-bond donors (Lipinski definition) is 1. The minimum Gasteiger partial charge on any atom is -0.384 e. The van der Waals surface area contributed by atoms with Crippen LogP contribution in [0.3, 0.4) is 0 Å².